The standard InChI is InChI=1S/C11H19N3O2S/c1-3-16-6-4-5-12-7-10(15)14-11-13-9(2)8-17-11/h8,12H,3-7H2,1-2H3,(H,13,14,15). The van der Waals surface area contributed by atoms with Gasteiger partial charge in [0.25, 0.3) is 0 Å². The second kappa shape index (κ2) is 8.16. The van der Waals surface area contributed by atoms with Gasteiger partial charge in [0, 0.05) is 18.6 Å². The highest BCUT2D eigenvalue weighted by Crippen LogP contribution is 2.13. The van der Waals surface area contributed by atoms with Crippen molar-refractivity contribution >= 4 is 22.4 Å². The molecule has 1 heterocycles. The Morgan fingerprint density at radius 3 is 3.06 bits per heavy atom. The molecule has 0 unspecified atom stereocenters. The van der Waals surface area contributed by atoms with Gasteiger partial charge in [-0.05, 0) is 26.8 Å². The number of thiazole rings is 1. The van der Waals surface area contributed by atoms with Crippen molar-refractivity contribution in [2.24, 2.45) is 0 Å². The number of anilines is 1. The van der Waals surface area contributed by atoms with Crippen LogP contribution in [0.1, 0.15) is 19.0 Å². The van der Waals surface area contributed by atoms with Crippen LogP contribution in [0, 0.1) is 6.92 Å². The Morgan fingerprint density at radius 2 is 2.41 bits per heavy atom. The molecule has 0 atom stereocenters. The number of aromatic nitrogens is 1. The molecule has 1 aromatic rings. The summed E-state index contributed by atoms with van der Waals surface area (Å²) in [5, 5.41) is 8.36. The number of hydrogen-bond donors (Lipinski definition) is 2. The third-order valence-electron chi connectivity index (χ3n) is 2.00. The van der Waals surface area contributed by atoms with Crippen LogP contribution in [0.4, 0.5) is 5.13 Å². The van der Waals surface area contributed by atoms with Gasteiger partial charge in [-0.3, -0.25) is 4.79 Å². The van der Waals surface area contributed by atoms with Crippen LogP contribution in [-0.4, -0.2) is 37.2 Å². The summed E-state index contributed by atoms with van der Waals surface area (Å²) in [5.41, 5.74) is 0.926. The number of nitrogens with one attached hydrogen (secondary N) is 2. The van der Waals surface area contributed by atoms with E-state index < -0.39 is 0 Å². The van der Waals surface area contributed by atoms with Crippen LogP contribution in [0.15, 0.2) is 5.38 Å². The number of aryl methyl sites for hydroxylation is 1. The molecule has 96 valence electrons. The van der Waals surface area contributed by atoms with Gasteiger partial charge in [-0.15, -0.1) is 11.3 Å². The van der Waals surface area contributed by atoms with E-state index in [2.05, 4.69) is 15.6 Å². The molecular formula is C11H19N3O2S. The fraction of sp³-hybridized carbons (Fsp3) is 0.636. The molecule has 0 aromatic carbocycles. The molecule has 1 amide bonds. The van der Waals surface area contributed by atoms with Gasteiger partial charge in [-0.2, -0.15) is 0 Å². The van der Waals surface area contributed by atoms with Crippen LogP contribution in [0.3, 0.4) is 0 Å². The molecule has 0 aliphatic heterocycles. The Morgan fingerprint density at radius 1 is 1.59 bits per heavy atom. The Hall–Kier alpha value is -0.980. The van der Waals surface area contributed by atoms with Gasteiger partial charge in [0.05, 0.1) is 12.2 Å². The van der Waals surface area contributed by atoms with Crippen LogP contribution in [-0.2, 0) is 9.53 Å². The lowest BCUT2D eigenvalue weighted by atomic mass is 10.4. The number of nitrogens with zero attached hydrogens (tertiary/aromatic N) is 1. The van der Waals surface area contributed by atoms with Crippen molar-refractivity contribution in [1.29, 1.82) is 0 Å². The number of rotatable bonds is 8. The second-order valence-corrected chi connectivity index (χ2v) is 4.43. The van der Waals surface area contributed by atoms with Crippen molar-refractivity contribution in [2.45, 2.75) is 20.3 Å². The van der Waals surface area contributed by atoms with Gasteiger partial charge >= 0.3 is 0 Å². The smallest absolute Gasteiger partial charge is 0.240 e. The Labute approximate surface area is 106 Å². The third kappa shape index (κ3) is 6.35. The van der Waals surface area contributed by atoms with Crippen molar-refractivity contribution in [3.05, 3.63) is 11.1 Å². The minimum Gasteiger partial charge on any atom is -0.382 e. The van der Waals surface area contributed by atoms with Crippen LogP contribution in [0.5, 0.6) is 0 Å². The molecule has 0 bridgehead atoms. The number of ether oxygens (including phenoxy) is 1. The van der Waals surface area contributed by atoms with Gasteiger partial charge in [0.15, 0.2) is 5.13 Å². The van der Waals surface area contributed by atoms with E-state index in [0.717, 1.165) is 31.9 Å². The van der Waals surface area contributed by atoms with Crippen molar-refractivity contribution in [3.63, 3.8) is 0 Å². The lowest BCUT2D eigenvalue weighted by Gasteiger charge is -2.04. The minimum atomic E-state index is -0.0595. The zero-order valence-electron chi connectivity index (χ0n) is 10.3. The molecule has 5 nitrogen and oxygen atoms in total. The van der Waals surface area contributed by atoms with Crippen LogP contribution in [0.2, 0.25) is 0 Å². The molecule has 0 saturated heterocycles. The number of carbonyl (C=O) groups is 1. The predicted octanol–water partition coefficient (Wildman–Crippen LogP) is 1.41. The Kier molecular flexibility index (Phi) is 6.76. The van der Waals surface area contributed by atoms with E-state index in [1.807, 2.05) is 19.2 Å². The molecular weight excluding hydrogens is 238 g/mol. The molecule has 0 radical (unpaired) electrons. The largest absolute Gasteiger partial charge is 0.382 e. The highest BCUT2D eigenvalue weighted by atomic mass is 32.1. The minimum absolute atomic E-state index is 0.0595. The first-order valence-corrected chi connectivity index (χ1v) is 6.60. The summed E-state index contributed by atoms with van der Waals surface area (Å²) < 4.78 is 5.19. The normalized spacial score (nSPS) is 10.5. The molecule has 0 fully saturated rings. The topological polar surface area (TPSA) is 63.2 Å². The summed E-state index contributed by atoms with van der Waals surface area (Å²) in [6.07, 6.45) is 0.914. The zero-order valence-corrected chi connectivity index (χ0v) is 11.1. The molecule has 1 rings (SSSR count). The molecule has 0 aliphatic rings. The molecule has 0 aliphatic carbocycles. The highest BCUT2D eigenvalue weighted by Gasteiger charge is 2.04. The Bertz CT molecular complexity index is 341. The average molecular weight is 257 g/mol. The monoisotopic (exact) mass is 257 g/mol. The van der Waals surface area contributed by atoms with E-state index in [9.17, 15) is 4.79 Å². The van der Waals surface area contributed by atoms with Gasteiger partial charge < -0.3 is 15.4 Å². The highest BCUT2D eigenvalue weighted by molar-refractivity contribution is 7.13. The van der Waals surface area contributed by atoms with Gasteiger partial charge in [0.2, 0.25) is 5.91 Å². The lowest BCUT2D eigenvalue weighted by molar-refractivity contribution is -0.115. The van der Waals surface area contributed by atoms with Crippen molar-refractivity contribution in [2.75, 3.05) is 31.6 Å². The predicted molar refractivity (Wildman–Crippen MR) is 69.5 cm³/mol. The number of amides is 1. The van der Waals surface area contributed by atoms with Crippen LogP contribution < -0.4 is 10.6 Å². The summed E-state index contributed by atoms with van der Waals surface area (Å²) >= 11 is 1.44. The molecule has 0 spiro atoms. The maximum atomic E-state index is 11.5. The maximum Gasteiger partial charge on any atom is 0.240 e. The molecule has 1 aromatic heterocycles. The molecule has 6 heteroatoms. The average Bonchev–Trinajstić information content (AvgIpc) is 2.69. The fourth-order valence-corrected chi connectivity index (χ4v) is 1.92. The van der Waals surface area contributed by atoms with Gasteiger partial charge in [0.1, 0.15) is 0 Å². The molecule has 0 saturated carbocycles. The first kappa shape index (κ1) is 14.1. The van der Waals surface area contributed by atoms with E-state index in [0.29, 0.717) is 11.7 Å². The van der Waals surface area contributed by atoms with Crippen molar-refractivity contribution in [3.8, 4) is 0 Å². The number of carbonyl (C=O) groups excluding carboxylic acids is 1. The summed E-state index contributed by atoms with van der Waals surface area (Å²) in [6, 6.07) is 0. The number of hydrogen-bond acceptors (Lipinski definition) is 5. The quantitative estimate of drug-likeness (QED) is 0.691. The summed E-state index contributed by atoms with van der Waals surface area (Å²) in [4.78, 5) is 15.6. The summed E-state index contributed by atoms with van der Waals surface area (Å²) in [5.74, 6) is -0.0595. The van der Waals surface area contributed by atoms with Crippen molar-refractivity contribution in [1.82, 2.24) is 10.3 Å². The SMILES string of the molecule is CCOCCCNCC(=O)Nc1nc(C)cs1. The van der Waals surface area contributed by atoms with E-state index in [1.54, 1.807) is 0 Å². The summed E-state index contributed by atoms with van der Waals surface area (Å²) in [6.45, 7) is 6.44. The molecule has 17 heavy (non-hydrogen) atoms. The first-order chi connectivity index (χ1) is 8.22. The molecule has 2 N–H and O–H groups in total. The third-order valence-corrected chi connectivity index (χ3v) is 2.87. The zero-order chi connectivity index (χ0) is 12.5. The van der Waals surface area contributed by atoms with Crippen LogP contribution >= 0.6 is 11.3 Å². The van der Waals surface area contributed by atoms with Gasteiger partial charge in [-0.25, -0.2) is 4.98 Å². The van der Waals surface area contributed by atoms with E-state index in [1.165, 1.54) is 11.3 Å². The van der Waals surface area contributed by atoms with E-state index >= 15 is 0 Å². The lowest BCUT2D eigenvalue weighted by Crippen LogP contribution is -2.29. The summed E-state index contributed by atoms with van der Waals surface area (Å²) in [7, 11) is 0. The second-order valence-electron chi connectivity index (χ2n) is 3.57. The fourth-order valence-electron chi connectivity index (χ4n) is 1.22. The van der Waals surface area contributed by atoms with E-state index in [-0.39, 0.29) is 5.91 Å². The van der Waals surface area contributed by atoms with Crippen LogP contribution in [0.25, 0.3) is 0 Å². The first-order valence-electron chi connectivity index (χ1n) is 5.72. The maximum absolute atomic E-state index is 11.5. The van der Waals surface area contributed by atoms with Gasteiger partial charge in [-0.1, -0.05) is 0 Å². The van der Waals surface area contributed by atoms with E-state index in [4.69, 9.17) is 4.74 Å². The Balaban J connectivity index is 2.05. The van der Waals surface area contributed by atoms with Crippen molar-refractivity contribution < 1.29 is 9.53 Å².